The smallest absolute Gasteiger partial charge is 0.258 e. The molecule has 5 heteroatoms. The molecule has 0 unspecified atom stereocenters. The average Bonchev–Trinajstić information content (AvgIpc) is 2.70. The number of hydrogen-bond donors (Lipinski definition) is 0. The number of carbonyl (C=O) groups is 1. The molecule has 72 valence electrons. The summed E-state index contributed by atoms with van der Waals surface area (Å²) >= 11 is 5.39. The minimum atomic E-state index is -0.602. The highest BCUT2D eigenvalue weighted by molar-refractivity contribution is 6.68. The lowest BCUT2D eigenvalue weighted by Crippen LogP contribution is -1.91. The number of nitrogens with zero attached hydrogens (tertiary/aromatic N) is 1. The van der Waals surface area contributed by atoms with Gasteiger partial charge in [-0.2, -0.15) is 0 Å². The van der Waals surface area contributed by atoms with E-state index in [1.54, 1.807) is 19.1 Å². The molecule has 0 bridgehead atoms. The van der Waals surface area contributed by atoms with E-state index < -0.39 is 5.24 Å². The fourth-order valence-electron chi connectivity index (χ4n) is 1.18. The summed E-state index contributed by atoms with van der Waals surface area (Å²) in [5.74, 6) is 0.710. The Bertz CT molecular complexity index is 458. The standard InChI is InChI=1S/C9H6ClNO3/c1-5-7(9(10)12)8(14-11-5)6-3-2-4-13-6/h2-4H,1H3. The van der Waals surface area contributed by atoms with Gasteiger partial charge < -0.3 is 8.94 Å². The van der Waals surface area contributed by atoms with Crippen molar-refractivity contribution in [2.24, 2.45) is 0 Å². The molecule has 2 rings (SSSR count). The molecule has 0 aliphatic rings. The summed E-state index contributed by atoms with van der Waals surface area (Å²) < 4.78 is 10.0. The number of furan rings is 1. The lowest BCUT2D eigenvalue weighted by molar-refractivity contribution is 0.108. The van der Waals surface area contributed by atoms with Gasteiger partial charge in [-0.25, -0.2) is 0 Å². The first-order valence-electron chi connectivity index (χ1n) is 3.90. The van der Waals surface area contributed by atoms with Gasteiger partial charge in [0.2, 0.25) is 5.76 Å². The molecule has 4 nitrogen and oxygen atoms in total. The van der Waals surface area contributed by atoms with E-state index in [1.807, 2.05) is 0 Å². The highest BCUT2D eigenvalue weighted by Crippen LogP contribution is 2.27. The van der Waals surface area contributed by atoms with Crippen LogP contribution in [0.3, 0.4) is 0 Å². The van der Waals surface area contributed by atoms with Crippen LogP contribution in [0.25, 0.3) is 11.5 Å². The first-order valence-corrected chi connectivity index (χ1v) is 4.28. The minimum Gasteiger partial charge on any atom is -0.461 e. The quantitative estimate of drug-likeness (QED) is 0.717. The largest absolute Gasteiger partial charge is 0.461 e. The van der Waals surface area contributed by atoms with Gasteiger partial charge in [0.15, 0.2) is 5.76 Å². The fourth-order valence-corrected chi connectivity index (χ4v) is 1.40. The fraction of sp³-hybridized carbons (Fsp3) is 0.111. The van der Waals surface area contributed by atoms with E-state index in [0.29, 0.717) is 11.5 Å². The van der Waals surface area contributed by atoms with Gasteiger partial charge in [0.1, 0.15) is 5.56 Å². The second kappa shape index (κ2) is 3.31. The van der Waals surface area contributed by atoms with Gasteiger partial charge in [0.05, 0.1) is 12.0 Å². The minimum absolute atomic E-state index is 0.251. The van der Waals surface area contributed by atoms with Crippen LogP contribution in [0.15, 0.2) is 27.3 Å². The van der Waals surface area contributed by atoms with Crippen LogP contribution >= 0.6 is 11.6 Å². The van der Waals surface area contributed by atoms with Crippen molar-refractivity contribution in [3.05, 3.63) is 29.7 Å². The Labute approximate surface area is 84.4 Å². The van der Waals surface area contributed by atoms with Crippen LogP contribution in [0.2, 0.25) is 0 Å². The van der Waals surface area contributed by atoms with E-state index in [0.717, 1.165) is 0 Å². The predicted octanol–water partition coefficient (Wildman–Crippen LogP) is 2.62. The van der Waals surface area contributed by atoms with E-state index >= 15 is 0 Å². The van der Waals surface area contributed by atoms with Gasteiger partial charge in [0, 0.05) is 0 Å². The zero-order valence-electron chi connectivity index (χ0n) is 7.28. The Morgan fingerprint density at radius 3 is 2.93 bits per heavy atom. The van der Waals surface area contributed by atoms with Crippen LogP contribution < -0.4 is 0 Å². The van der Waals surface area contributed by atoms with E-state index in [4.69, 9.17) is 20.5 Å². The molecule has 2 heterocycles. The zero-order chi connectivity index (χ0) is 10.1. The number of rotatable bonds is 2. The maximum Gasteiger partial charge on any atom is 0.258 e. The molecule has 0 radical (unpaired) electrons. The van der Waals surface area contributed by atoms with Crippen LogP contribution in [-0.4, -0.2) is 10.4 Å². The summed E-state index contributed by atoms with van der Waals surface area (Å²) in [6, 6.07) is 3.36. The topological polar surface area (TPSA) is 56.2 Å². The molecule has 0 atom stereocenters. The first-order chi connectivity index (χ1) is 6.70. The number of hydrogen-bond acceptors (Lipinski definition) is 4. The van der Waals surface area contributed by atoms with Crippen molar-refractivity contribution in [3.63, 3.8) is 0 Å². The van der Waals surface area contributed by atoms with Gasteiger partial charge in [0.25, 0.3) is 5.24 Å². The van der Waals surface area contributed by atoms with Crippen molar-refractivity contribution in [2.45, 2.75) is 6.92 Å². The van der Waals surface area contributed by atoms with Gasteiger partial charge in [-0.05, 0) is 30.7 Å². The Balaban J connectivity index is 2.60. The lowest BCUT2D eigenvalue weighted by atomic mass is 10.2. The van der Waals surface area contributed by atoms with E-state index in [1.165, 1.54) is 6.26 Å². The van der Waals surface area contributed by atoms with Crippen LogP contribution in [0.1, 0.15) is 16.1 Å². The molecule has 0 N–H and O–H groups in total. The summed E-state index contributed by atoms with van der Waals surface area (Å²) in [4.78, 5) is 11.1. The number of aromatic nitrogens is 1. The summed E-state index contributed by atoms with van der Waals surface area (Å²) in [5, 5.41) is 3.05. The molecule has 0 fully saturated rings. The third kappa shape index (κ3) is 1.33. The van der Waals surface area contributed by atoms with Crippen LogP contribution in [0, 0.1) is 6.92 Å². The number of halogens is 1. The maximum atomic E-state index is 11.1. The van der Waals surface area contributed by atoms with Gasteiger partial charge >= 0.3 is 0 Å². The summed E-state index contributed by atoms with van der Waals surface area (Å²) in [6.07, 6.45) is 1.48. The molecule has 0 saturated carbocycles. The van der Waals surface area contributed by atoms with Gasteiger partial charge in [-0.3, -0.25) is 4.79 Å². The zero-order valence-corrected chi connectivity index (χ0v) is 8.04. The molecule has 2 aromatic heterocycles. The summed E-state index contributed by atoms with van der Waals surface area (Å²) in [5.41, 5.74) is 0.706. The SMILES string of the molecule is Cc1noc(-c2ccco2)c1C(=O)Cl. The second-order valence-electron chi connectivity index (χ2n) is 2.72. The monoisotopic (exact) mass is 211 g/mol. The highest BCUT2D eigenvalue weighted by atomic mass is 35.5. The molecule has 0 amide bonds. The van der Waals surface area contributed by atoms with Crippen molar-refractivity contribution >= 4 is 16.8 Å². The van der Waals surface area contributed by atoms with E-state index in [9.17, 15) is 4.79 Å². The summed E-state index contributed by atoms with van der Waals surface area (Å²) in [6.45, 7) is 1.64. The van der Waals surface area contributed by atoms with Crippen LogP contribution in [0.5, 0.6) is 0 Å². The third-order valence-electron chi connectivity index (χ3n) is 1.80. The Kier molecular flexibility index (Phi) is 2.13. The Hall–Kier alpha value is -1.55. The first kappa shape index (κ1) is 9.02. The molecule has 2 aromatic rings. The van der Waals surface area contributed by atoms with Crippen molar-refractivity contribution in [2.75, 3.05) is 0 Å². The molecular formula is C9H6ClNO3. The molecular weight excluding hydrogens is 206 g/mol. The van der Waals surface area contributed by atoms with Crippen molar-refractivity contribution in [1.82, 2.24) is 5.16 Å². The molecule has 14 heavy (non-hydrogen) atoms. The van der Waals surface area contributed by atoms with E-state index in [2.05, 4.69) is 5.16 Å². The van der Waals surface area contributed by atoms with Crippen molar-refractivity contribution in [3.8, 4) is 11.5 Å². The summed E-state index contributed by atoms with van der Waals surface area (Å²) in [7, 11) is 0. The molecule has 0 aliphatic carbocycles. The molecule has 0 spiro atoms. The molecule has 0 aromatic carbocycles. The number of aryl methyl sites for hydroxylation is 1. The van der Waals surface area contributed by atoms with Gasteiger partial charge in [-0.1, -0.05) is 5.16 Å². The van der Waals surface area contributed by atoms with Gasteiger partial charge in [-0.15, -0.1) is 0 Å². The Morgan fingerprint density at radius 1 is 1.57 bits per heavy atom. The number of carbonyl (C=O) groups excluding carboxylic acids is 1. The maximum absolute atomic E-state index is 11.1. The predicted molar refractivity (Wildman–Crippen MR) is 49.1 cm³/mol. The second-order valence-corrected chi connectivity index (χ2v) is 3.07. The Morgan fingerprint density at radius 2 is 2.36 bits per heavy atom. The lowest BCUT2D eigenvalue weighted by Gasteiger charge is -1.91. The van der Waals surface area contributed by atoms with Crippen LogP contribution in [-0.2, 0) is 0 Å². The van der Waals surface area contributed by atoms with Crippen molar-refractivity contribution in [1.29, 1.82) is 0 Å². The average molecular weight is 212 g/mol. The molecule has 0 saturated heterocycles. The highest BCUT2D eigenvalue weighted by Gasteiger charge is 2.21. The van der Waals surface area contributed by atoms with E-state index in [-0.39, 0.29) is 11.3 Å². The normalized spacial score (nSPS) is 10.4. The van der Waals surface area contributed by atoms with Crippen molar-refractivity contribution < 1.29 is 13.7 Å². The molecule has 0 aliphatic heterocycles. The third-order valence-corrected chi connectivity index (χ3v) is 1.99. The van der Waals surface area contributed by atoms with Crippen LogP contribution in [0.4, 0.5) is 0 Å².